The third kappa shape index (κ3) is 5.02. The minimum atomic E-state index is -3.36. The van der Waals surface area contributed by atoms with E-state index in [9.17, 15) is 8.42 Å². The number of hydrogen-bond donors (Lipinski definition) is 2. The van der Waals surface area contributed by atoms with E-state index in [1.807, 2.05) is 13.8 Å². The van der Waals surface area contributed by atoms with Crippen LogP contribution in [0.15, 0.2) is 0 Å². The lowest BCUT2D eigenvalue weighted by Crippen LogP contribution is -2.56. The van der Waals surface area contributed by atoms with Gasteiger partial charge in [-0.25, -0.2) is 0 Å². The first kappa shape index (κ1) is 16.9. The maximum atomic E-state index is 12.4. The molecule has 0 amide bonds. The van der Waals surface area contributed by atoms with E-state index >= 15 is 0 Å². The van der Waals surface area contributed by atoms with Crippen molar-refractivity contribution in [2.24, 2.45) is 0 Å². The van der Waals surface area contributed by atoms with Gasteiger partial charge in [-0.05, 0) is 46.6 Å². The molecule has 0 radical (unpaired) electrons. The second-order valence-corrected chi connectivity index (χ2v) is 7.35. The summed E-state index contributed by atoms with van der Waals surface area (Å²) in [5.41, 5.74) is 0. The highest BCUT2D eigenvalue weighted by atomic mass is 32.2. The fourth-order valence-corrected chi connectivity index (χ4v) is 4.35. The molecule has 2 unspecified atom stereocenters. The van der Waals surface area contributed by atoms with Gasteiger partial charge in [0, 0.05) is 24.7 Å². The molecule has 19 heavy (non-hydrogen) atoms. The zero-order valence-electron chi connectivity index (χ0n) is 12.6. The molecule has 1 saturated heterocycles. The molecule has 0 aromatic rings. The van der Waals surface area contributed by atoms with Crippen LogP contribution in [-0.4, -0.2) is 43.9 Å². The maximum Gasteiger partial charge on any atom is 0.279 e. The zero-order chi connectivity index (χ0) is 14.5. The molecular formula is C13H29N3O2S. The van der Waals surface area contributed by atoms with Crippen molar-refractivity contribution in [3.05, 3.63) is 0 Å². The van der Waals surface area contributed by atoms with Crippen LogP contribution in [0.3, 0.4) is 0 Å². The van der Waals surface area contributed by atoms with Gasteiger partial charge in [0.1, 0.15) is 0 Å². The highest BCUT2D eigenvalue weighted by molar-refractivity contribution is 7.87. The van der Waals surface area contributed by atoms with Crippen LogP contribution in [0.4, 0.5) is 0 Å². The summed E-state index contributed by atoms with van der Waals surface area (Å²) in [6, 6.07) is 0.201. The van der Waals surface area contributed by atoms with Gasteiger partial charge in [-0.1, -0.05) is 13.3 Å². The summed E-state index contributed by atoms with van der Waals surface area (Å²) in [6.45, 7) is 9.48. The van der Waals surface area contributed by atoms with Crippen LogP contribution in [0, 0.1) is 0 Å². The van der Waals surface area contributed by atoms with Crippen LogP contribution in [0.5, 0.6) is 0 Å². The smallest absolute Gasteiger partial charge is 0.279 e. The molecule has 1 fully saturated rings. The van der Waals surface area contributed by atoms with E-state index in [0.717, 1.165) is 32.2 Å². The largest absolute Gasteiger partial charge is 0.313 e. The standard InChI is InChI=1S/C13H29N3O2S/c1-5-9-14-12(4)13-8-6-7-10-16(13)19(17,18)15-11(2)3/h11-15H,5-10H2,1-4H3. The Morgan fingerprint density at radius 3 is 2.53 bits per heavy atom. The third-order valence-corrected chi connectivity index (χ3v) is 5.33. The van der Waals surface area contributed by atoms with Crippen molar-refractivity contribution in [3.8, 4) is 0 Å². The normalized spacial score (nSPS) is 23.7. The SMILES string of the molecule is CCCNC(C)C1CCCCN1S(=O)(=O)NC(C)C. The minimum absolute atomic E-state index is 0.0634. The monoisotopic (exact) mass is 291 g/mol. The highest BCUT2D eigenvalue weighted by Crippen LogP contribution is 2.22. The minimum Gasteiger partial charge on any atom is -0.313 e. The lowest BCUT2D eigenvalue weighted by atomic mass is 9.99. The summed E-state index contributed by atoms with van der Waals surface area (Å²) in [5.74, 6) is 0. The number of rotatable bonds is 7. The fraction of sp³-hybridized carbons (Fsp3) is 1.00. The molecule has 6 heteroatoms. The lowest BCUT2D eigenvalue weighted by molar-refractivity contribution is 0.206. The Bertz CT molecular complexity index is 357. The molecule has 0 spiro atoms. The third-order valence-electron chi connectivity index (χ3n) is 3.49. The Balaban J connectivity index is 2.77. The van der Waals surface area contributed by atoms with Gasteiger partial charge in [0.25, 0.3) is 10.2 Å². The maximum absolute atomic E-state index is 12.4. The van der Waals surface area contributed by atoms with Gasteiger partial charge in [-0.3, -0.25) is 0 Å². The molecule has 5 nitrogen and oxygen atoms in total. The first-order valence-corrected chi connectivity index (χ1v) is 8.85. The molecule has 1 aliphatic heterocycles. The number of nitrogens with zero attached hydrogens (tertiary/aromatic N) is 1. The fourth-order valence-electron chi connectivity index (χ4n) is 2.60. The molecule has 2 N–H and O–H groups in total. The number of nitrogens with one attached hydrogen (secondary N) is 2. The summed E-state index contributed by atoms with van der Waals surface area (Å²) in [5, 5.41) is 3.42. The summed E-state index contributed by atoms with van der Waals surface area (Å²) in [6.07, 6.45) is 4.07. The van der Waals surface area contributed by atoms with Crippen molar-refractivity contribution in [3.63, 3.8) is 0 Å². The van der Waals surface area contributed by atoms with Gasteiger partial charge >= 0.3 is 0 Å². The average Bonchev–Trinajstić information content (AvgIpc) is 2.34. The summed E-state index contributed by atoms with van der Waals surface area (Å²) in [4.78, 5) is 0. The summed E-state index contributed by atoms with van der Waals surface area (Å²) >= 11 is 0. The van der Waals surface area contributed by atoms with E-state index < -0.39 is 10.2 Å². The first-order chi connectivity index (χ1) is 8.88. The van der Waals surface area contributed by atoms with Gasteiger partial charge in [-0.15, -0.1) is 0 Å². The van der Waals surface area contributed by atoms with Crippen molar-refractivity contribution in [2.75, 3.05) is 13.1 Å². The second-order valence-electron chi connectivity index (χ2n) is 5.69. The molecule has 2 atom stereocenters. The number of hydrogen-bond acceptors (Lipinski definition) is 3. The molecule has 1 aliphatic rings. The van der Waals surface area contributed by atoms with E-state index in [1.54, 1.807) is 4.31 Å². The zero-order valence-corrected chi connectivity index (χ0v) is 13.5. The van der Waals surface area contributed by atoms with Gasteiger partial charge < -0.3 is 5.32 Å². The van der Waals surface area contributed by atoms with Gasteiger partial charge in [-0.2, -0.15) is 17.4 Å². The Labute approximate surface area is 118 Å². The Morgan fingerprint density at radius 1 is 1.26 bits per heavy atom. The predicted octanol–water partition coefficient (Wildman–Crippen LogP) is 1.47. The molecule has 1 rings (SSSR count). The van der Waals surface area contributed by atoms with E-state index in [2.05, 4.69) is 23.9 Å². The topological polar surface area (TPSA) is 61.4 Å². The molecular weight excluding hydrogens is 262 g/mol. The Morgan fingerprint density at radius 2 is 1.95 bits per heavy atom. The lowest BCUT2D eigenvalue weighted by Gasteiger charge is -2.38. The molecule has 0 bridgehead atoms. The molecule has 1 heterocycles. The highest BCUT2D eigenvalue weighted by Gasteiger charge is 2.35. The van der Waals surface area contributed by atoms with E-state index in [0.29, 0.717) is 6.54 Å². The van der Waals surface area contributed by atoms with Gasteiger partial charge in [0.05, 0.1) is 0 Å². The van der Waals surface area contributed by atoms with Crippen molar-refractivity contribution in [2.45, 2.75) is 71.5 Å². The predicted molar refractivity (Wildman–Crippen MR) is 79.3 cm³/mol. The van der Waals surface area contributed by atoms with Crippen molar-refractivity contribution < 1.29 is 8.42 Å². The van der Waals surface area contributed by atoms with Crippen LogP contribution < -0.4 is 10.0 Å². The van der Waals surface area contributed by atoms with E-state index in [1.165, 1.54) is 0 Å². The second kappa shape index (κ2) is 7.57. The number of piperidine rings is 1. The Hall–Kier alpha value is -0.170. The van der Waals surface area contributed by atoms with E-state index in [-0.39, 0.29) is 18.1 Å². The summed E-state index contributed by atoms with van der Waals surface area (Å²) in [7, 11) is -3.36. The van der Waals surface area contributed by atoms with Crippen molar-refractivity contribution >= 4 is 10.2 Å². The first-order valence-electron chi connectivity index (χ1n) is 7.41. The van der Waals surface area contributed by atoms with E-state index in [4.69, 9.17) is 0 Å². The summed E-state index contributed by atoms with van der Waals surface area (Å²) < 4.78 is 29.1. The quantitative estimate of drug-likeness (QED) is 0.747. The van der Waals surface area contributed by atoms with Gasteiger partial charge in [0.2, 0.25) is 0 Å². The van der Waals surface area contributed by atoms with Gasteiger partial charge in [0.15, 0.2) is 0 Å². The van der Waals surface area contributed by atoms with Crippen LogP contribution >= 0.6 is 0 Å². The van der Waals surface area contributed by atoms with Crippen LogP contribution in [-0.2, 0) is 10.2 Å². The average molecular weight is 291 g/mol. The van der Waals surface area contributed by atoms with Crippen LogP contribution in [0.1, 0.15) is 53.4 Å². The van der Waals surface area contributed by atoms with Crippen LogP contribution in [0.25, 0.3) is 0 Å². The van der Waals surface area contributed by atoms with Crippen molar-refractivity contribution in [1.29, 1.82) is 0 Å². The van der Waals surface area contributed by atoms with Crippen LogP contribution in [0.2, 0.25) is 0 Å². The molecule has 0 aromatic carbocycles. The molecule has 0 aromatic heterocycles. The molecule has 0 aliphatic carbocycles. The molecule has 114 valence electrons. The molecule has 0 saturated carbocycles. The van der Waals surface area contributed by atoms with Crippen molar-refractivity contribution in [1.82, 2.24) is 14.3 Å². The Kier molecular flexibility index (Phi) is 6.73.